The van der Waals surface area contributed by atoms with Crippen molar-refractivity contribution in [2.45, 2.75) is 26.4 Å². The Morgan fingerprint density at radius 3 is 2.72 bits per heavy atom. The number of carbonyl (C=O) groups is 1. The summed E-state index contributed by atoms with van der Waals surface area (Å²) < 4.78 is 19.7. The van der Waals surface area contributed by atoms with Gasteiger partial charge in [-0.3, -0.25) is 0 Å². The molecule has 1 N–H and O–H groups in total. The average molecular weight is 252 g/mol. The summed E-state index contributed by atoms with van der Waals surface area (Å²) in [7, 11) is 0. The number of nitrogens with zero attached hydrogens (tertiary/aromatic N) is 2. The van der Waals surface area contributed by atoms with Gasteiger partial charge in [0.05, 0.1) is 6.20 Å². The number of rotatable bonds is 0. The second-order valence-corrected chi connectivity index (χ2v) is 4.87. The first-order chi connectivity index (χ1) is 8.29. The zero-order valence-corrected chi connectivity index (χ0v) is 10.3. The van der Waals surface area contributed by atoms with E-state index in [0.29, 0.717) is 5.39 Å². The van der Waals surface area contributed by atoms with E-state index in [4.69, 9.17) is 4.74 Å². The molecule has 5 nitrogen and oxygen atoms in total. The van der Waals surface area contributed by atoms with Gasteiger partial charge in [-0.2, -0.15) is 9.78 Å². The fourth-order valence-corrected chi connectivity index (χ4v) is 1.51. The Morgan fingerprint density at radius 2 is 2.11 bits per heavy atom. The molecule has 2 rings (SSSR count). The molecule has 0 bridgehead atoms. The molecule has 0 aliphatic heterocycles. The quantitative estimate of drug-likeness (QED) is 0.782. The summed E-state index contributed by atoms with van der Waals surface area (Å²) in [6.07, 6.45) is 0.545. The highest BCUT2D eigenvalue weighted by molar-refractivity contribution is 5.89. The molecule has 2 aromatic rings. The number of halogens is 1. The average Bonchev–Trinajstić information content (AvgIpc) is 2.65. The molecule has 18 heavy (non-hydrogen) atoms. The molecular formula is C12H13FN2O3. The lowest BCUT2D eigenvalue weighted by Crippen LogP contribution is -2.27. The van der Waals surface area contributed by atoms with Crippen LogP contribution in [0.4, 0.5) is 9.18 Å². The molecule has 0 aliphatic rings. The Labute approximate surface area is 103 Å². The van der Waals surface area contributed by atoms with E-state index >= 15 is 0 Å². The highest BCUT2D eigenvalue weighted by atomic mass is 19.1. The summed E-state index contributed by atoms with van der Waals surface area (Å²) in [5.41, 5.74) is -0.799. The van der Waals surface area contributed by atoms with Gasteiger partial charge in [0.25, 0.3) is 0 Å². The minimum absolute atomic E-state index is 0.0933. The molecule has 0 amide bonds. The van der Waals surface area contributed by atoms with Crippen molar-refractivity contribution >= 4 is 17.0 Å². The molecule has 1 aromatic carbocycles. The van der Waals surface area contributed by atoms with Crippen LogP contribution in [0.15, 0.2) is 18.3 Å². The highest BCUT2D eigenvalue weighted by Gasteiger charge is 2.22. The molecule has 0 saturated heterocycles. The molecule has 1 aromatic heterocycles. The molecule has 0 atom stereocenters. The fourth-order valence-electron chi connectivity index (χ4n) is 1.51. The monoisotopic (exact) mass is 252 g/mol. The minimum Gasteiger partial charge on any atom is -0.505 e. The molecule has 0 unspecified atom stereocenters. The molecule has 0 radical (unpaired) electrons. The maximum atomic E-state index is 13.8. The first kappa shape index (κ1) is 12.3. The van der Waals surface area contributed by atoms with Crippen LogP contribution in [0.5, 0.6) is 5.75 Å². The lowest BCUT2D eigenvalue weighted by Gasteiger charge is -2.19. The van der Waals surface area contributed by atoms with E-state index < -0.39 is 23.3 Å². The Morgan fingerprint density at radius 1 is 1.44 bits per heavy atom. The van der Waals surface area contributed by atoms with Gasteiger partial charge in [-0.1, -0.05) is 0 Å². The fraction of sp³-hybridized carbons (Fsp3) is 0.333. The summed E-state index contributed by atoms with van der Waals surface area (Å²) in [5.74, 6) is -1.43. The van der Waals surface area contributed by atoms with E-state index in [-0.39, 0.29) is 5.52 Å². The number of aromatic nitrogens is 2. The normalized spacial score (nSPS) is 11.8. The Kier molecular flexibility index (Phi) is 2.73. The Bertz CT molecular complexity index is 614. The van der Waals surface area contributed by atoms with E-state index in [1.165, 1.54) is 18.3 Å². The minimum atomic E-state index is -0.893. The van der Waals surface area contributed by atoms with Gasteiger partial charge in [0.15, 0.2) is 11.6 Å². The number of aromatic hydroxyl groups is 1. The van der Waals surface area contributed by atoms with E-state index in [9.17, 15) is 14.3 Å². The zero-order valence-electron chi connectivity index (χ0n) is 10.3. The van der Waals surface area contributed by atoms with Gasteiger partial charge in [0, 0.05) is 5.39 Å². The molecule has 96 valence electrons. The third kappa shape index (κ3) is 2.13. The number of fused-ring (bicyclic) bond motifs is 1. The van der Waals surface area contributed by atoms with Gasteiger partial charge in [-0.15, -0.1) is 0 Å². The van der Waals surface area contributed by atoms with Gasteiger partial charge >= 0.3 is 6.09 Å². The first-order valence-electron chi connectivity index (χ1n) is 5.38. The summed E-state index contributed by atoms with van der Waals surface area (Å²) >= 11 is 0. The third-order valence-corrected chi connectivity index (χ3v) is 2.22. The lowest BCUT2D eigenvalue weighted by atomic mass is 10.2. The summed E-state index contributed by atoms with van der Waals surface area (Å²) in [6.45, 7) is 5.10. The van der Waals surface area contributed by atoms with Gasteiger partial charge < -0.3 is 9.84 Å². The number of hydrogen-bond acceptors (Lipinski definition) is 4. The second-order valence-electron chi connectivity index (χ2n) is 4.87. The molecule has 6 heteroatoms. The Hall–Kier alpha value is -2.11. The van der Waals surface area contributed by atoms with Crippen molar-refractivity contribution in [2.24, 2.45) is 0 Å². The Balaban J connectivity index is 2.52. The van der Waals surface area contributed by atoms with Crippen LogP contribution in [-0.4, -0.2) is 26.6 Å². The van der Waals surface area contributed by atoms with Crippen LogP contribution in [-0.2, 0) is 4.74 Å². The van der Waals surface area contributed by atoms with E-state index in [0.717, 1.165) is 4.68 Å². The first-order valence-corrected chi connectivity index (χ1v) is 5.38. The largest absolute Gasteiger partial charge is 0.505 e. The van der Waals surface area contributed by atoms with Crippen LogP contribution < -0.4 is 0 Å². The van der Waals surface area contributed by atoms with Crippen LogP contribution in [0.2, 0.25) is 0 Å². The van der Waals surface area contributed by atoms with Crippen LogP contribution in [0, 0.1) is 5.82 Å². The van der Waals surface area contributed by atoms with Gasteiger partial charge in [-0.05, 0) is 32.9 Å². The summed E-state index contributed by atoms with van der Waals surface area (Å²) in [5, 5.41) is 13.5. The molecule has 1 heterocycles. The van der Waals surface area contributed by atoms with Gasteiger partial charge in [0.1, 0.15) is 11.1 Å². The van der Waals surface area contributed by atoms with Gasteiger partial charge in [-0.25, -0.2) is 9.18 Å². The molecule has 0 fully saturated rings. The topological polar surface area (TPSA) is 64.4 Å². The van der Waals surface area contributed by atoms with Crippen molar-refractivity contribution in [3.63, 3.8) is 0 Å². The standard InChI is InChI=1S/C12H13FN2O3/c1-12(2,3)18-11(17)15-10-7(6-14-15)4-5-8(16)9(10)13/h4-6,16H,1-3H3. The van der Waals surface area contributed by atoms with E-state index in [1.54, 1.807) is 20.8 Å². The van der Waals surface area contributed by atoms with E-state index in [1.807, 2.05) is 0 Å². The second kappa shape index (κ2) is 3.97. The maximum Gasteiger partial charge on any atom is 0.435 e. The molecule has 0 spiro atoms. The van der Waals surface area contributed by atoms with E-state index in [2.05, 4.69) is 5.10 Å². The maximum absolute atomic E-state index is 13.8. The third-order valence-electron chi connectivity index (χ3n) is 2.22. The predicted molar refractivity (Wildman–Crippen MR) is 63.0 cm³/mol. The van der Waals surface area contributed by atoms with Crippen molar-refractivity contribution < 1.29 is 19.0 Å². The number of phenols is 1. The predicted octanol–water partition coefficient (Wildman–Crippen LogP) is 2.66. The molecular weight excluding hydrogens is 239 g/mol. The number of benzene rings is 1. The smallest absolute Gasteiger partial charge is 0.435 e. The van der Waals surface area contributed by atoms with Crippen molar-refractivity contribution in [1.29, 1.82) is 0 Å². The summed E-state index contributed by atoms with van der Waals surface area (Å²) in [4.78, 5) is 11.8. The van der Waals surface area contributed by atoms with Crippen molar-refractivity contribution in [3.8, 4) is 5.75 Å². The van der Waals surface area contributed by atoms with Crippen LogP contribution >= 0.6 is 0 Å². The zero-order chi connectivity index (χ0) is 13.5. The van der Waals surface area contributed by atoms with Gasteiger partial charge in [0.2, 0.25) is 0 Å². The number of ether oxygens (including phenoxy) is 1. The van der Waals surface area contributed by atoms with Crippen molar-refractivity contribution in [2.75, 3.05) is 0 Å². The molecule has 0 aliphatic carbocycles. The lowest BCUT2D eigenvalue weighted by molar-refractivity contribution is 0.0521. The van der Waals surface area contributed by atoms with Crippen LogP contribution in [0.1, 0.15) is 20.8 Å². The highest BCUT2D eigenvalue weighted by Crippen LogP contribution is 2.25. The van der Waals surface area contributed by atoms with Crippen molar-refractivity contribution in [1.82, 2.24) is 9.78 Å². The van der Waals surface area contributed by atoms with Crippen molar-refractivity contribution in [3.05, 3.63) is 24.1 Å². The number of phenolic OH excluding ortho intramolecular Hbond substituents is 1. The number of carbonyl (C=O) groups excluding carboxylic acids is 1. The van der Waals surface area contributed by atoms with Crippen LogP contribution in [0.25, 0.3) is 10.9 Å². The number of hydrogen-bond donors (Lipinski definition) is 1. The van der Waals surface area contributed by atoms with Crippen LogP contribution in [0.3, 0.4) is 0 Å². The summed E-state index contributed by atoms with van der Waals surface area (Å²) in [6, 6.07) is 2.68. The molecule has 0 saturated carbocycles. The SMILES string of the molecule is CC(C)(C)OC(=O)n1ncc2ccc(O)c(F)c21.